The highest BCUT2D eigenvalue weighted by molar-refractivity contribution is 6.05. The highest BCUT2D eigenvalue weighted by Gasteiger charge is 2.24. The van der Waals surface area contributed by atoms with Gasteiger partial charge >= 0.3 is 6.03 Å². The fourth-order valence-corrected chi connectivity index (χ4v) is 1.95. The molecule has 1 aliphatic rings. The van der Waals surface area contributed by atoms with Gasteiger partial charge in [0.05, 0.1) is 0 Å². The molecule has 0 aliphatic carbocycles. The van der Waals surface area contributed by atoms with E-state index < -0.39 is 6.03 Å². The molecule has 0 spiro atoms. The number of rotatable bonds is 2. The molecule has 0 unspecified atom stereocenters. The molecule has 0 radical (unpaired) electrons. The average molecular weight is 250 g/mol. The number of anilines is 1. The van der Waals surface area contributed by atoms with Crippen LogP contribution in [0, 0.1) is 5.82 Å². The topological polar surface area (TPSA) is 49.4 Å². The van der Waals surface area contributed by atoms with Gasteiger partial charge in [-0.05, 0) is 29.7 Å². The Morgan fingerprint density at radius 3 is 2.67 bits per heavy atom. The van der Waals surface area contributed by atoms with Crippen LogP contribution in [0.3, 0.4) is 0 Å². The first-order chi connectivity index (χ1) is 8.49. The number of halogens is 1. The molecule has 0 aromatic heterocycles. The Morgan fingerprint density at radius 1 is 1.33 bits per heavy atom. The number of nitrogens with one attached hydrogen (secondary N) is 1. The summed E-state index contributed by atoms with van der Waals surface area (Å²) in [6.45, 7) is 4.11. The van der Waals surface area contributed by atoms with Crippen LogP contribution < -0.4 is 10.2 Å². The van der Waals surface area contributed by atoms with Gasteiger partial charge in [-0.25, -0.2) is 9.18 Å². The number of hydrogen-bond donors (Lipinski definition) is 1. The Kier molecular flexibility index (Phi) is 3.32. The molecular weight excluding hydrogens is 235 g/mol. The Labute approximate surface area is 105 Å². The molecule has 3 amide bonds. The third-order valence-corrected chi connectivity index (χ3v) is 2.97. The first-order valence-corrected chi connectivity index (χ1v) is 5.90. The summed E-state index contributed by atoms with van der Waals surface area (Å²) in [4.78, 5) is 24.2. The molecule has 2 rings (SSSR count). The summed E-state index contributed by atoms with van der Waals surface area (Å²) in [6, 6.07) is 4.12. The zero-order valence-corrected chi connectivity index (χ0v) is 10.4. The van der Waals surface area contributed by atoms with Crippen LogP contribution in [0.1, 0.15) is 31.7 Å². The van der Waals surface area contributed by atoms with Crippen molar-refractivity contribution in [3.63, 3.8) is 0 Å². The van der Waals surface area contributed by atoms with E-state index in [2.05, 4.69) is 5.32 Å². The SMILES string of the molecule is CC(C)c1cc(N2CCC(=O)NC2=O)ccc1F. The second-order valence-corrected chi connectivity index (χ2v) is 4.62. The summed E-state index contributed by atoms with van der Waals surface area (Å²) in [7, 11) is 0. The van der Waals surface area contributed by atoms with Crippen molar-refractivity contribution in [2.24, 2.45) is 0 Å². The van der Waals surface area contributed by atoms with Crippen LogP contribution in [0.2, 0.25) is 0 Å². The van der Waals surface area contributed by atoms with E-state index >= 15 is 0 Å². The van der Waals surface area contributed by atoms with Gasteiger partial charge in [0.2, 0.25) is 5.91 Å². The maximum absolute atomic E-state index is 13.6. The minimum atomic E-state index is -0.451. The third kappa shape index (κ3) is 2.34. The predicted molar refractivity (Wildman–Crippen MR) is 66.0 cm³/mol. The lowest BCUT2D eigenvalue weighted by Crippen LogP contribution is -2.49. The number of carbonyl (C=O) groups excluding carboxylic acids is 2. The van der Waals surface area contributed by atoms with Crippen molar-refractivity contribution in [3.05, 3.63) is 29.6 Å². The van der Waals surface area contributed by atoms with E-state index in [4.69, 9.17) is 0 Å². The van der Waals surface area contributed by atoms with E-state index in [9.17, 15) is 14.0 Å². The molecule has 96 valence electrons. The smallest absolute Gasteiger partial charge is 0.294 e. The van der Waals surface area contributed by atoms with E-state index in [0.717, 1.165) is 0 Å². The molecule has 1 aliphatic heterocycles. The molecule has 5 heteroatoms. The van der Waals surface area contributed by atoms with Gasteiger partial charge in [-0.1, -0.05) is 13.8 Å². The van der Waals surface area contributed by atoms with Crippen LogP contribution in [0.5, 0.6) is 0 Å². The molecule has 1 aromatic carbocycles. The van der Waals surface area contributed by atoms with Gasteiger partial charge in [-0.3, -0.25) is 15.0 Å². The van der Waals surface area contributed by atoms with Gasteiger partial charge in [0.1, 0.15) is 5.82 Å². The zero-order valence-electron chi connectivity index (χ0n) is 10.4. The quantitative estimate of drug-likeness (QED) is 0.876. The minimum absolute atomic E-state index is 0.0411. The summed E-state index contributed by atoms with van der Waals surface area (Å²) in [5, 5.41) is 2.25. The summed E-state index contributed by atoms with van der Waals surface area (Å²) in [5.74, 6) is -0.510. The van der Waals surface area contributed by atoms with Crippen molar-refractivity contribution < 1.29 is 14.0 Å². The Hall–Kier alpha value is -1.91. The summed E-state index contributed by atoms with van der Waals surface area (Å²) in [5.41, 5.74) is 1.18. The van der Waals surface area contributed by atoms with E-state index in [1.807, 2.05) is 13.8 Å². The number of benzene rings is 1. The van der Waals surface area contributed by atoms with Crippen LogP contribution in [0.25, 0.3) is 0 Å². The Morgan fingerprint density at radius 2 is 2.06 bits per heavy atom. The lowest BCUT2D eigenvalue weighted by atomic mass is 10.0. The molecule has 0 atom stereocenters. The van der Waals surface area contributed by atoms with Crippen molar-refractivity contribution in [2.45, 2.75) is 26.2 Å². The Balaban J connectivity index is 2.31. The Bertz CT molecular complexity index is 500. The highest BCUT2D eigenvalue weighted by atomic mass is 19.1. The van der Waals surface area contributed by atoms with E-state index in [1.54, 1.807) is 12.1 Å². The number of imide groups is 1. The standard InChI is InChI=1S/C13H15FN2O2/c1-8(2)10-7-9(3-4-11(10)14)16-6-5-12(17)15-13(16)18/h3-4,7-8H,5-6H2,1-2H3,(H,15,17,18). The van der Waals surface area contributed by atoms with E-state index in [-0.39, 0.29) is 24.1 Å². The molecule has 1 aromatic rings. The monoisotopic (exact) mass is 250 g/mol. The number of nitrogens with zero attached hydrogens (tertiary/aromatic N) is 1. The molecule has 0 saturated carbocycles. The molecule has 1 saturated heterocycles. The van der Waals surface area contributed by atoms with Crippen LogP contribution in [-0.2, 0) is 4.79 Å². The number of carbonyl (C=O) groups is 2. The largest absolute Gasteiger partial charge is 0.328 e. The lowest BCUT2D eigenvalue weighted by Gasteiger charge is -2.27. The van der Waals surface area contributed by atoms with Crippen molar-refractivity contribution in [2.75, 3.05) is 11.4 Å². The van der Waals surface area contributed by atoms with Crippen molar-refractivity contribution in [1.29, 1.82) is 0 Å². The maximum atomic E-state index is 13.6. The molecule has 1 fully saturated rings. The second kappa shape index (κ2) is 4.76. The minimum Gasteiger partial charge on any atom is -0.294 e. The predicted octanol–water partition coefficient (Wildman–Crippen LogP) is 2.40. The molecule has 4 nitrogen and oxygen atoms in total. The van der Waals surface area contributed by atoms with Gasteiger partial charge in [0.15, 0.2) is 0 Å². The number of hydrogen-bond acceptors (Lipinski definition) is 2. The van der Waals surface area contributed by atoms with Gasteiger partial charge < -0.3 is 0 Å². The van der Waals surface area contributed by atoms with Crippen molar-refractivity contribution in [3.8, 4) is 0 Å². The van der Waals surface area contributed by atoms with Crippen LogP contribution in [0.15, 0.2) is 18.2 Å². The maximum Gasteiger partial charge on any atom is 0.328 e. The first-order valence-electron chi connectivity index (χ1n) is 5.90. The summed E-state index contributed by atoms with van der Waals surface area (Å²) >= 11 is 0. The molecule has 18 heavy (non-hydrogen) atoms. The van der Waals surface area contributed by atoms with Crippen LogP contribution in [-0.4, -0.2) is 18.5 Å². The first kappa shape index (κ1) is 12.5. The lowest BCUT2D eigenvalue weighted by molar-refractivity contribution is -0.120. The molecule has 0 bridgehead atoms. The van der Waals surface area contributed by atoms with E-state index in [1.165, 1.54) is 11.0 Å². The normalized spacial score (nSPS) is 16.1. The van der Waals surface area contributed by atoms with E-state index in [0.29, 0.717) is 17.8 Å². The fraction of sp³-hybridized carbons (Fsp3) is 0.385. The number of amides is 3. The van der Waals surface area contributed by atoms with Crippen LogP contribution >= 0.6 is 0 Å². The molecule has 1 N–H and O–H groups in total. The number of urea groups is 1. The van der Waals surface area contributed by atoms with Gasteiger partial charge in [-0.2, -0.15) is 0 Å². The summed E-state index contributed by atoms with van der Waals surface area (Å²) < 4.78 is 13.6. The fourth-order valence-electron chi connectivity index (χ4n) is 1.95. The van der Waals surface area contributed by atoms with Crippen molar-refractivity contribution >= 4 is 17.6 Å². The highest BCUT2D eigenvalue weighted by Crippen LogP contribution is 2.25. The van der Waals surface area contributed by atoms with Crippen molar-refractivity contribution in [1.82, 2.24) is 5.32 Å². The van der Waals surface area contributed by atoms with Gasteiger partial charge in [0.25, 0.3) is 0 Å². The third-order valence-electron chi connectivity index (χ3n) is 2.97. The second-order valence-electron chi connectivity index (χ2n) is 4.62. The average Bonchev–Trinajstić information content (AvgIpc) is 2.30. The van der Waals surface area contributed by atoms with Crippen LogP contribution in [0.4, 0.5) is 14.9 Å². The molecular formula is C13H15FN2O2. The van der Waals surface area contributed by atoms with Gasteiger partial charge in [0, 0.05) is 18.7 Å². The molecule has 1 heterocycles. The van der Waals surface area contributed by atoms with Gasteiger partial charge in [-0.15, -0.1) is 0 Å². The zero-order chi connectivity index (χ0) is 13.3. The summed E-state index contributed by atoms with van der Waals surface area (Å²) in [6.07, 6.45) is 0.264.